The lowest BCUT2D eigenvalue weighted by Crippen LogP contribution is -2.48. The molecular weight excluding hydrogens is 418 g/mol. The fourth-order valence-electron chi connectivity index (χ4n) is 3.34. The number of piperazine rings is 1. The first kappa shape index (κ1) is 19.6. The van der Waals surface area contributed by atoms with Crippen molar-refractivity contribution in [1.82, 2.24) is 4.31 Å². The molecule has 1 N–H and O–H groups in total. The topological polar surface area (TPSA) is 69.7 Å². The Hall–Kier alpha value is -1.74. The maximum atomic E-state index is 13.1. The van der Waals surface area contributed by atoms with Crippen LogP contribution in [0.4, 0.5) is 11.4 Å². The molecule has 148 valence electrons. The lowest BCUT2D eigenvalue weighted by molar-refractivity contribution is -0.115. The molecule has 1 fully saturated rings. The molecular formula is C19H20ClN3O3S2. The maximum absolute atomic E-state index is 13.1. The van der Waals surface area contributed by atoms with Crippen molar-refractivity contribution in [3.63, 3.8) is 0 Å². The number of carbonyl (C=O) groups excluding carboxylic acids is 1. The van der Waals surface area contributed by atoms with Crippen LogP contribution in [0.1, 0.15) is 6.92 Å². The molecule has 0 radical (unpaired) electrons. The van der Waals surface area contributed by atoms with Crippen molar-refractivity contribution in [2.45, 2.75) is 22.0 Å². The van der Waals surface area contributed by atoms with Crippen LogP contribution in [0.15, 0.2) is 52.3 Å². The summed E-state index contributed by atoms with van der Waals surface area (Å²) in [5.74, 6) is -0.108. The summed E-state index contributed by atoms with van der Waals surface area (Å²) in [5, 5.41) is 3.29. The van der Waals surface area contributed by atoms with Crippen molar-refractivity contribution < 1.29 is 13.2 Å². The van der Waals surface area contributed by atoms with E-state index in [1.807, 2.05) is 31.2 Å². The number of nitrogens with one attached hydrogen (secondary N) is 1. The van der Waals surface area contributed by atoms with Gasteiger partial charge in [0.25, 0.3) is 0 Å². The number of sulfonamides is 1. The smallest absolute Gasteiger partial charge is 0.243 e. The van der Waals surface area contributed by atoms with Crippen LogP contribution in [-0.2, 0) is 14.8 Å². The number of hydrogen-bond donors (Lipinski definition) is 1. The first-order chi connectivity index (χ1) is 13.3. The third-order valence-electron chi connectivity index (χ3n) is 4.95. The number of amides is 1. The van der Waals surface area contributed by atoms with Gasteiger partial charge >= 0.3 is 0 Å². The van der Waals surface area contributed by atoms with Crippen LogP contribution in [0.2, 0.25) is 5.02 Å². The molecule has 2 aromatic rings. The molecule has 1 saturated heterocycles. The van der Waals surface area contributed by atoms with Crippen LogP contribution < -0.4 is 10.2 Å². The third kappa shape index (κ3) is 3.74. The second-order valence-electron chi connectivity index (χ2n) is 6.77. The lowest BCUT2D eigenvalue weighted by atomic mass is 10.2. The van der Waals surface area contributed by atoms with E-state index in [4.69, 9.17) is 11.6 Å². The van der Waals surface area contributed by atoms with Gasteiger partial charge in [0.1, 0.15) is 0 Å². The van der Waals surface area contributed by atoms with E-state index in [9.17, 15) is 13.2 Å². The molecule has 0 aliphatic carbocycles. The van der Waals surface area contributed by atoms with E-state index in [0.29, 0.717) is 36.9 Å². The van der Waals surface area contributed by atoms with E-state index in [1.165, 1.54) is 16.1 Å². The SMILES string of the molecule is CC1Sc2ccc(S(=O)(=O)N3CCN(c4ccc(Cl)cc4)CC3)cc2NC1=O. The van der Waals surface area contributed by atoms with Crippen LogP contribution in [0.5, 0.6) is 0 Å². The highest BCUT2D eigenvalue weighted by Crippen LogP contribution is 2.37. The van der Waals surface area contributed by atoms with Crippen molar-refractivity contribution in [3.8, 4) is 0 Å². The van der Waals surface area contributed by atoms with Crippen LogP contribution in [0.25, 0.3) is 0 Å². The number of halogens is 1. The molecule has 4 rings (SSSR count). The Kier molecular flexibility index (Phi) is 5.30. The van der Waals surface area contributed by atoms with E-state index in [0.717, 1.165) is 10.6 Å². The van der Waals surface area contributed by atoms with E-state index in [2.05, 4.69) is 10.2 Å². The minimum Gasteiger partial charge on any atom is -0.369 e. The zero-order valence-corrected chi connectivity index (χ0v) is 17.6. The highest BCUT2D eigenvalue weighted by Gasteiger charge is 2.30. The summed E-state index contributed by atoms with van der Waals surface area (Å²) in [6.45, 7) is 3.85. The second-order valence-corrected chi connectivity index (χ2v) is 10.5. The molecule has 0 saturated carbocycles. The first-order valence-corrected chi connectivity index (χ1v) is 11.7. The van der Waals surface area contributed by atoms with Crippen molar-refractivity contribution in [2.24, 2.45) is 0 Å². The molecule has 6 nitrogen and oxygen atoms in total. The van der Waals surface area contributed by atoms with E-state index in [1.54, 1.807) is 18.2 Å². The molecule has 1 amide bonds. The van der Waals surface area contributed by atoms with Gasteiger partial charge in [0.05, 0.1) is 15.8 Å². The van der Waals surface area contributed by atoms with Crippen molar-refractivity contribution >= 4 is 50.7 Å². The van der Waals surface area contributed by atoms with Crippen molar-refractivity contribution in [3.05, 3.63) is 47.5 Å². The van der Waals surface area contributed by atoms with Gasteiger partial charge in [-0.25, -0.2) is 8.42 Å². The number of anilines is 2. The predicted molar refractivity (Wildman–Crippen MR) is 113 cm³/mol. The van der Waals surface area contributed by atoms with E-state index >= 15 is 0 Å². The molecule has 0 spiro atoms. The zero-order valence-electron chi connectivity index (χ0n) is 15.3. The first-order valence-electron chi connectivity index (χ1n) is 8.97. The molecule has 2 aliphatic heterocycles. The molecule has 0 aromatic heterocycles. The Morgan fingerprint density at radius 3 is 2.43 bits per heavy atom. The van der Waals surface area contributed by atoms with Gasteiger partial charge in [0.2, 0.25) is 15.9 Å². The number of carbonyl (C=O) groups is 1. The average molecular weight is 438 g/mol. The lowest BCUT2D eigenvalue weighted by Gasteiger charge is -2.35. The summed E-state index contributed by atoms with van der Waals surface area (Å²) in [5.41, 5.74) is 1.60. The summed E-state index contributed by atoms with van der Waals surface area (Å²) in [7, 11) is -3.61. The molecule has 2 aliphatic rings. The van der Waals surface area contributed by atoms with Gasteiger partial charge in [0, 0.05) is 41.8 Å². The Balaban J connectivity index is 1.50. The van der Waals surface area contributed by atoms with Gasteiger partial charge in [0.15, 0.2) is 0 Å². The van der Waals surface area contributed by atoms with Crippen LogP contribution in [-0.4, -0.2) is 50.1 Å². The summed E-state index contributed by atoms with van der Waals surface area (Å²) >= 11 is 7.37. The molecule has 1 atom stereocenters. The van der Waals surface area contributed by atoms with E-state index in [-0.39, 0.29) is 16.1 Å². The van der Waals surface area contributed by atoms with Gasteiger partial charge in [-0.05, 0) is 49.4 Å². The molecule has 2 aromatic carbocycles. The summed E-state index contributed by atoms with van der Waals surface area (Å²) in [6.07, 6.45) is 0. The van der Waals surface area contributed by atoms with Crippen LogP contribution in [0.3, 0.4) is 0 Å². The fraction of sp³-hybridized carbons (Fsp3) is 0.316. The highest BCUT2D eigenvalue weighted by atomic mass is 35.5. The van der Waals surface area contributed by atoms with Gasteiger partial charge in [-0.1, -0.05) is 11.6 Å². The van der Waals surface area contributed by atoms with Gasteiger partial charge in [-0.3, -0.25) is 4.79 Å². The number of rotatable bonds is 3. The van der Waals surface area contributed by atoms with E-state index < -0.39 is 10.0 Å². The summed E-state index contributed by atoms with van der Waals surface area (Å²) < 4.78 is 27.7. The van der Waals surface area contributed by atoms with Gasteiger partial charge in [-0.2, -0.15) is 4.31 Å². The minimum atomic E-state index is -3.61. The Bertz CT molecular complexity index is 1000. The summed E-state index contributed by atoms with van der Waals surface area (Å²) in [6, 6.07) is 12.5. The Labute approximate surface area is 173 Å². The van der Waals surface area contributed by atoms with Crippen molar-refractivity contribution in [1.29, 1.82) is 0 Å². The Morgan fingerprint density at radius 2 is 1.75 bits per heavy atom. The molecule has 28 heavy (non-hydrogen) atoms. The minimum absolute atomic E-state index is 0.108. The largest absolute Gasteiger partial charge is 0.369 e. The standard InChI is InChI=1S/C19H20ClN3O3S2/c1-13-19(24)21-17-12-16(6-7-18(17)27-13)28(25,26)23-10-8-22(9-11-23)15-4-2-14(20)3-5-15/h2-7,12-13H,8-11H2,1H3,(H,21,24). The molecule has 0 bridgehead atoms. The zero-order chi connectivity index (χ0) is 19.9. The molecule has 1 unspecified atom stereocenters. The van der Waals surface area contributed by atoms with Crippen LogP contribution in [0, 0.1) is 0 Å². The monoisotopic (exact) mass is 437 g/mol. The normalized spacial score (nSPS) is 20.6. The number of fused-ring (bicyclic) bond motifs is 1. The number of benzene rings is 2. The van der Waals surface area contributed by atoms with Gasteiger partial charge in [-0.15, -0.1) is 11.8 Å². The summed E-state index contributed by atoms with van der Waals surface area (Å²) in [4.78, 5) is 15.1. The second kappa shape index (κ2) is 7.59. The number of thioether (sulfide) groups is 1. The Morgan fingerprint density at radius 1 is 1.07 bits per heavy atom. The number of hydrogen-bond acceptors (Lipinski definition) is 5. The third-order valence-corrected chi connectivity index (χ3v) is 8.27. The van der Waals surface area contributed by atoms with Crippen molar-refractivity contribution in [2.75, 3.05) is 36.4 Å². The van der Waals surface area contributed by atoms with Gasteiger partial charge < -0.3 is 10.2 Å². The molecule has 2 heterocycles. The maximum Gasteiger partial charge on any atom is 0.243 e. The fourth-order valence-corrected chi connectivity index (χ4v) is 5.84. The highest BCUT2D eigenvalue weighted by molar-refractivity contribution is 8.01. The quantitative estimate of drug-likeness (QED) is 0.797. The van der Waals surface area contributed by atoms with Crippen LogP contribution >= 0.6 is 23.4 Å². The number of nitrogens with zero attached hydrogens (tertiary/aromatic N) is 2. The average Bonchev–Trinajstić information content (AvgIpc) is 2.69. The predicted octanol–water partition coefficient (Wildman–Crippen LogP) is 3.28. The molecule has 9 heteroatoms.